The SMILES string of the molecule is CCCCN1C(=O)CCc2cc(NS(=O)(=O)c3cc(Cl)ccc3Cl)ccc21. The van der Waals surface area contributed by atoms with Gasteiger partial charge in [0.05, 0.1) is 5.02 Å². The van der Waals surface area contributed by atoms with E-state index in [9.17, 15) is 13.2 Å². The van der Waals surface area contributed by atoms with Gasteiger partial charge in [-0.05, 0) is 54.8 Å². The minimum Gasteiger partial charge on any atom is -0.312 e. The van der Waals surface area contributed by atoms with Crippen LogP contribution < -0.4 is 9.62 Å². The summed E-state index contributed by atoms with van der Waals surface area (Å²) in [7, 11) is -3.88. The molecule has 0 unspecified atom stereocenters. The minimum absolute atomic E-state index is 0.0749. The predicted molar refractivity (Wildman–Crippen MR) is 109 cm³/mol. The van der Waals surface area contributed by atoms with E-state index in [1.54, 1.807) is 23.1 Å². The van der Waals surface area contributed by atoms with Gasteiger partial charge in [0.15, 0.2) is 0 Å². The predicted octanol–water partition coefficient (Wildman–Crippen LogP) is 4.87. The number of benzene rings is 2. The standard InChI is InChI=1S/C19H20Cl2N2O3S/c1-2-3-10-23-17-8-6-15(11-13(17)4-9-19(23)24)22-27(25,26)18-12-14(20)5-7-16(18)21/h5-8,11-12,22H,2-4,9-10H2,1H3. The van der Waals surface area contributed by atoms with Crippen LogP contribution in [0.25, 0.3) is 0 Å². The normalized spacial score (nSPS) is 14.2. The number of amides is 1. The molecule has 0 aromatic heterocycles. The molecule has 1 heterocycles. The van der Waals surface area contributed by atoms with Crippen molar-refractivity contribution in [2.24, 2.45) is 0 Å². The lowest BCUT2D eigenvalue weighted by Crippen LogP contribution is -2.35. The van der Waals surface area contributed by atoms with E-state index in [0.29, 0.717) is 25.1 Å². The molecule has 0 atom stereocenters. The van der Waals surface area contributed by atoms with E-state index in [1.165, 1.54) is 18.2 Å². The highest BCUT2D eigenvalue weighted by Crippen LogP contribution is 2.32. The molecule has 1 aliphatic heterocycles. The van der Waals surface area contributed by atoms with Gasteiger partial charge >= 0.3 is 0 Å². The Labute approximate surface area is 169 Å². The van der Waals surface area contributed by atoms with Crippen LogP contribution in [0.2, 0.25) is 10.0 Å². The van der Waals surface area contributed by atoms with Crippen molar-refractivity contribution in [3.8, 4) is 0 Å². The summed E-state index contributed by atoms with van der Waals surface area (Å²) in [5.74, 6) is 0.106. The Morgan fingerprint density at radius 1 is 1.11 bits per heavy atom. The maximum Gasteiger partial charge on any atom is 0.263 e. The number of hydrogen-bond acceptors (Lipinski definition) is 3. The zero-order valence-corrected chi connectivity index (χ0v) is 17.2. The number of anilines is 2. The number of nitrogens with one attached hydrogen (secondary N) is 1. The number of unbranched alkanes of at least 4 members (excludes halogenated alkanes) is 1. The number of hydrogen-bond donors (Lipinski definition) is 1. The summed E-state index contributed by atoms with van der Waals surface area (Å²) in [6, 6.07) is 9.52. The van der Waals surface area contributed by atoms with Crippen LogP contribution in [0.4, 0.5) is 11.4 Å². The van der Waals surface area contributed by atoms with E-state index >= 15 is 0 Å². The van der Waals surface area contributed by atoms with Gasteiger partial charge in [-0.2, -0.15) is 0 Å². The van der Waals surface area contributed by atoms with E-state index in [2.05, 4.69) is 11.6 Å². The van der Waals surface area contributed by atoms with Gasteiger partial charge in [0.2, 0.25) is 5.91 Å². The van der Waals surface area contributed by atoms with Crippen molar-refractivity contribution in [2.75, 3.05) is 16.2 Å². The van der Waals surface area contributed by atoms with E-state index in [-0.39, 0.29) is 20.8 Å². The summed E-state index contributed by atoms with van der Waals surface area (Å²) < 4.78 is 27.9. The molecule has 5 nitrogen and oxygen atoms in total. The third-order valence-electron chi connectivity index (χ3n) is 4.45. The summed E-state index contributed by atoms with van der Waals surface area (Å²) in [5, 5.41) is 0.386. The zero-order valence-electron chi connectivity index (χ0n) is 14.8. The lowest BCUT2D eigenvalue weighted by molar-refractivity contribution is -0.118. The summed E-state index contributed by atoms with van der Waals surface area (Å²) in [6.45, 7) is 2.75. The van der Waals surface area contributed by atoms with Gasteiger partial charge in [0.1, 0.15) is 4.90 Å². The van der Waals surface area contributed by atoms with Crippen molar-refractivity contribution in [1.82, 2.24) is 0 Å². The lowest BCUT2D eigenvalue weighted by atomic mass is 10.00. The van der Waals surface area contributed by atoms with Gasteiger partial charge in [-0.25, -0.2) is 8.42 Å². The first-order valence-corrected chi connectivity index (χ1v) is 11.0. The topological polar surface area (TPSA) is 66.5 Å². The van der Waals surface area contributed by atoms with Crippen LogP contribution >= 0.6 is 23.2 Å². The fourth-order valence-corrected chi connectivity index (χ4v) is 4.89. The van der Waals surface area contributed by atoms with E-state index in [4.69, 9.17) is 23.2 Å². The molecule has 1 aliphatic rings. The number of carbonyl (C=O) groups excluding carboxylic acids is 1. The third kappa shape index (κ3) is 4.39. The monoisotopic (exact) mass is 426 g/mol. The van der Waals surface area contributed by atoms with E-state index in [0.717, 1.165) is 24.1 Å². The van der Waals surface area contributed by atoms with Crippen LogP contribution in [0, 0.1) is 0 Å². The quantitative estimate of drug-likeness (QED) is 0.715. The average molecular weight is 427 g/mol. The van der Waals surface area contributed by atoms with Crippen molar-refractivity contribution < 1.29 is 13.2 Å². The molecule has 0 aliphatic carbocycles. The molecule has 0 spiro atoms. The molecule has 27 heavy (non-hydrogen) atoms. The highest BCUT2D eigenvalue weighted by atomic mass is 35.5. The van der Waals surface area contributed by atoms with Crippen LogP contribution in [0.1, 0.15) is 31.7 Å². The van der Waals surface area contributed by atoms with Gasteiger partial charge in [0.25, 0.3) is 10.0 Å². The van der Waals surface area contributed by atoms with E-state index in [1.807, 2.05) is 0 Å². The molecular weight excluding hydrogens is 407 g/mol. The largest absolute Gasteiger partial charge is 0.312 e. The number of fused-ring (bicyclic) bond motifs is 1. The van der Waals surface area contributed by atoms with Crippen molar-refractivity contribution in [3.05, 3.63) is 52.0 Å². The molecule has 3 rings (SSSR count). The number of rotatable bonds is 6. The van der Waals surface area contributed by atoms with Crippen molar-refractivity contribution >= 4 is 50.5 Å². The second-order valence-electron chi connectivity index (χ2n) is 6.42. The molecule has 0 bridgehead atoms. The Kier molecular flexibility index (Phi) is 5.99. The van der Waals surface area contributed by atoms with Gasteiger partial charge in [-0.3, -0.25) is 9.52 Å². The fourth-order valence-electron chi connectivity index (χ4n) is 3.08. The summed E-state index contributed by atoms with van der Waals surface area (Å²) in [5.41, 5.74) is 2.22. The van der Waals surface area contributed by atoms with Crippen LogP contribution in [0.3, 0.4) is 0 Å². The number of aryl methyl sites for hydroxylation is 1. The van der Waals surface area contributed by atoms with Gasteiger partial charge in [-0.1, -0.05) is 36.5 Å². The molecule has 144 valence electrons. The molecule has 0 saturated carbocycles. The molecule has 8 heteroatoms. The smallest absolute Gasteiger partial charge is 0.263 e. The third-order valence-corrected chi connectivity index (χ3v) is 6.55. The Balaban J connectivity index is 1.89. The number of halogens is 2. The Morgan fingerprint density at radius 2 is 1.89 bits per heavy atom. The van der Waals surface area contributed by atoms with E-state index < -0.39 is 10.0 Å². The Hall–Kier alpha value is -1.76. The zero-order chi connectivity index (χ0) is 19.6. The first-order chi connectivity index (χ1) is 12.8. The maximum atomic E-state index is 12.7. The van der Waals surface area contributed by atoms with Crippen LogP contribution in [-0.4, -0.2) is 20.9 Å². The minimum atomic E-state index is -3.88. The first-order valence-electron chi connectivity index (χ1n) is 8.73. The summed E-state index contributed by atoms with van der Waals surface area (Å²) in [4.78, 5) is 13.9. The summed E-state index contributed by atoms with van der Waals surface area (Å²) >= 11 is 11.9. The van der Waals surface area contributed by atoms with Crippen molar-refractivity contribution in [3.63, 3.8) is 0 Å². The van der Waals surface area contributed by atoms with Crippen LogP contribution in [0.5, 0.6) is 0 Å². The molecule has 1 N–H and O–H groups in total. The van der Waals surface area contributed by atoms with Crippen LogP contribution in [-0.2, 0) is 21.2 Å². The summed E-state index contributed by atoms with van der Waals surface area (Å²) in [6.07, 6.45) is 2.93. The van der Waals surface area contributed by atoms with Crippen LogP contribution in [0.15, 0.2) is 41.3 Å². The van der Waals surface area contributed by atoms with Gasteiger partial charge in [0, 0.05) is 29.4 Å². The van der Waals surface area contributed by atoms with Crippen molar-refractivity contribution in [1.29, 1.82) is 0 Å². The molecule has 2 aromatic carbocycles. The molecular formula is C19H20Cl2N2O3S. The van der Waals surface area contributed by atoms with Gasteiger partial charge in [-0.15, -0.1) is 0 Å². The molecule has 0 radical (unpaired) electrons. The molecule has 2 aromatic rings. The number of nitrogens with zero attached hydrogens (tertiary/aromatic N) is 1. The lowest BCUT2D eigenvalue weighted by Gasteiger charge is -2.30. The van der Waals surface area contributed by atoms with Gasteiger partial charge < -0.3 is 4.90 Å². The second-order valence-corrected chi connectivity index (χ2v) is 8.92. The Bertz CT molecular complexity index is 977. The molecule has 1 amide bonds. The average Bonchev–Trinajstić information content (AvgIpc) is 2.62. The number of sulfonamides is 1. The maximum absolute atomic E-state index is 12.7. The molecule has 0 saturated heterocycles. The number of carbonyl (C=O) groups is 1. The van der Waals surface area contributed by atoms with Crippen molar-refractivity contribution in [2.45, 2.75) is 37.5 Å². The first kappa shape index (κ1) is 20.0. The second kappa shape index (κ2) is 8.09. The molecule has 0 fully saturated rings. The fraction of sp³-hybridized carbons (Fsp3) is 0.316. The highest BCUT2D eigenvalue weighted by Gasteiger charge is 2.25. The Morgan fingerprint density at radius 3 is 2.63 bits per heavy atom. The highest BCUT2D eigenvalue weighted by molar-refractivity contribution is 7.92.